The maximum absolute atomic E-state index is 14.1. The van der Waals surface area contributed by atoms with Crippen LogP contribution in [0.1, 0.15) is 101 Å². The van der Waals surface area contributed by atoms with Crippen LogP contribution < -0.4 is 4.74 Å². The second kappa shape index (κ2) is 17.0. The van der Waals surface area contributed by atoms with Crippen LogP contribution in [0.15, 0.2) is 18.2 Å². The van der Waals surface area contributed by atoms with Crippen LogP contribution in [0, 0.1) is 11.8 Å². The standard InChI is InChI=1S/C44H50N2O17S/c1-18-39-23(46-29(17-60-43(59-3)41(46)63-39)64-26-12-28(49)45(40(26)54)15-19-7-9-20(10-8-19)42(55)56)11-30(61-18)62-25-14-44(57,27(48)16-47)13-22-32(25)38(53)34-33(36(22)51)35(50)21-5-4-6-24(58-2)31(21)37(34)52/h4-6,18-20,23,25-26,29-30,39,41,43,47,51,53,57H,7-17H2,1-3H3,(H,55,56)/t18-,19?,20?,23-,25-,26?,29?,30-,39+,41+,43-,44-/m0/s1. The Kier molecular flexibility index (Phi) is 11.9. The van der Waals surface area contributed by atoms with Crippen molar-refractivity contribution in [1.29, 1.82) is 0 Å². The van der Waals surface area contributed by atoms with E-state index >= 15 is 0 Å². The van der Waals surface area contributed by atoms with E-state index in [0.29, 0.717) is 25.7 Å². The van der Waals surface area contributed by atoms with Gasteiger partial charge in [0, 0.05) is 62.1 Å². The minimum absolute atomic E-state index is 0.0129. The van der Waals surface area contributed by atoms with Gasteiger partial charge in [0.25, 0.3) is 0 Å². The number of Topliss-reactive ketones (excluding diaryl/α,β-unsaturated/α-hetero) is 1. The highest BCUT2D eigenvalue weighted by molar-refractivity contribution is 8.01. The fraction of sp³-hybridized carbons (Fsp3) is 0.591. The van der Waals surface area contributed by atoms with Crippen LogP contribution in [-0.2, 0) is 49.3 Å². The van der Waals surface area contributed by atoms with E-state index in [1.807, 2.05) is 4.90 Å². The summed E-state index contributed by atoms with van der Waals surface area (Å²) in [5.41, 5.74) is -3.93. The lowest BCUT2D eigenvalue weighted by Gasteiger charge is -2.45. The van der Waals surface area contributed by atoms with Crippen molar-refractivity contribution in [3.05, 3.63) is 51.6 Å². The lowest BCUT2D eigenvalue weighted by Crippen LogP contribution is -2.59. The average Bonchev–Trinajstić information content (AvgIpc) is 3.79. The van der Waals surface area contributed by atoms with Gasteiger partial charge in [-0.05, 0) is 44.6 Å². The number of methoxy groups -OCH3 is 2. The number of carbonyl (C=O) groups excluding carboxylic acids is 5. The van der Waals surface area contributed by atoms with Crippen molar-refractivity contribution in [2.24, 2.45) is 11.8 Å². The number of amides is 2. The number of nitrogens with zero attached hydrogens (tertiary/aromatic N) is 2. The van der Waals surface area contributed by atoms with Gasteiger partial charge in [0.15, 0.2) is 30.4 Å². The first-order valence-electron chi connectivity index (χ1n) is 21.4. The third kappa shape index (κ3) is 7.30. The number of carbonyl (C=O) groups is 6. The zero-order valence-corrected chi connectivity index (χ0v) is 36.1. The summed E-state index contributed by atoms with van der Waals surface area (Å²) in [5, 5.41) is 53.7. The number of ketones is 3. The Balaban J connectivity index is 0.992. The quantitative estimate of drug-likeness (QED) is 0.136. The first-order valence-corrected chi connectivity index (χ1v) is 22.4. The van der Waals surface area contributed by atoms with Crippen LogP contribution in [0.4, 0.5) is 0 Å². The SMILES string of the molecule is COc1cccc2c1C(=O)c1c(O)c3c(c(O)c1C2=O)C[C@@](O)(C(=O)CO)C[C@@H]3O[C@H]1C[C@H]2[C@H](O[C@@H]3[C@@H](OC)OCC(SC4CC(=O)N(CC5CCC(C(=O)O)CC5)C4=O)N32)[C@H](C)O1. The molecule has 7 aliphatic rings. The van der Waals surface area contributed by atoms with Gasteiger partial charge in [0.1, 0.15) is 35.6 Å². The number of phenolic OH excluding ortho intramolecular Hbond substituents is 2. The van der Waals surface area contributed by atoms with Crippen molar-refractivity contribution >= 4 is 46.9 Å². The number of aromatic hydroxyl groups is 2. The molecule has 2 unspecified atom stereocenters. The molecule has 4 saturated heterocycles. The van der Waals surface area contributed by atoms with Gasteiger partial charge in [-0.2, -0.15) is 0 Å². The number of aliphatic hydroxyl groups is 2. The molecule has 0 aromatic heterocycles. The number of carboxylic acids is 1. The van der Waals surface area contributed by atoms with Gasteiger partial charge in [-0.1, -0.05) is 12.1 Å². The van der Waals surface area contributed by atoms with Crippen molar-refractivity contribution < 1.29 is 82.7 Å². The molecule has 4 heterocycles. The summed E-state index contributed by atoms with van der Waals surface area (Å²) in [5.74, 6) is -5.84. The Hall–Kier alpha value is -4.51. The highest BCUT2D eigenvalue weighted by Crippen LogP contribution is 2.53. The van der Waals surface area contributed by atoms with E-state index in [-0.39, 0.29) is 71.7 Å². The second-order valence-corrected chi connectivity index (χ2v) is 19.0. The molecule has 10 atom stereocenters. The first-order chi connectivity index (χ1) is 30.6. The summed E-state index contributed by atoms with van der Waals surface area (Å²) < 4.78 is 36.6. The number of fused-ring (bicyclic) bond motifs is 6. The summed E-state index contributed by atoms with van der Waals surface area (Å²) in [7, 11) is 2.79. The molecule has 2 aromatic rings. The van der Waals surface area contributed by atoms with E-state index < -0.39 is 131 Å². The summed E-state index contributed by atoms with van der Waals surface area (Å²) in [6, 6.07) is 3.87. The van der Waals surface area contributed by atoms with Crippen molar-refractivity contribution in [3.63, 3.8) is 0 Å². The molecular formula is C44H50N2O17S. The number of likely N-dealkylation sites (tertiary alicyclic amines) is 1. The highest BCUT2D eigenvalue weighted by atomic mass is 32.2. The van der Waals surface area contributed by atoms with E-state index in [4.69, 9.17) is 28.4 Å². The van der Waals surface area contributed by atoms with Crippen LogP contribution in [0.25, 0.3) is 0 Å². The molecule has 0 bridgehead atoms. The number of carboxylic acid groups (broad SMARTS) is 1. The lowest BCUT2D eigenvalue weighted by atomic mass is 9.72. The van der Waals surface area contributed by atoms with Gasteiger partial charge in [0.2, 0.25) is 17.6 Å². The lowest BCUT2D eigenvalue weighted by molar-refractivity contribution is -0.257. The van der Waals surface area contributed by atoms with E-state index in [1.54, 1.807) is 6.92 Å². The van der Waals surface area contributed by atoms with Crippen LogP contribution >= 0.6 is 11.8 Å². The monoisotopic (exact) mass is 910 g/mol. The third-order valence-electron chi connectivity index (χ3n) is 14.0. The van der Waals surface area contributed by atoms with Crippen LogP contribution in [0.3, 0.4) is 0 Å². The molecule has 0 radical (unpaired) electrons. The van der Waals surface area contributed by atoms with Gasteiger partial charge < -0.3 is 54.0 Å². The van der Waals surface area contributed by atoms with Crippen LogP contribution in [0.5, 0.6) is 17.2 Å². The number of thioether (sulfide) groups is 1. The number of aliphatic hydroxyl groups excluding tert-OH is 1. The minimum Gasteiger partial charge on any atom is -0.507 e. The molecule has 9 rings (SSSR count). The summed E-state index contributed by atoms with van der Waals surface area (Å²) in [6.07, 6.45) is -4.37. The summed E-state index contributed by atoms with van der Waals surface area (Å²) >= 11 is 1.27. The summed E-state index contributed by atoms with van der Waals surface area (Å²) in [6.45, 7) is 1.01. The average molecular weight is 911 g/mol. The Morgan fingerprint density at radius 2 is 1.72 bits per heavy atom. The van der Waals surface area contributed by atoms with Gasteiger partial charge in [-0.15, -0.1) is 11.8 Å². The Labute approximate surface area is 370 Å². The molecule has 20 heteroatoms. The van der Waals surface area contributed by atoms with Crippen LogP contribution in [-0.4, -0.2) is 158 Å². The number of morpholine rings is 1. The van der Waals surface area contributed by atoms with Gasteiger partial charge >= 0.3 is 5.97 Å². The van der Waals surface area contributed by atoms with Gasteiger partial charge in [-0.3, -0.25) is 38.6 Å². The number of hydrogen-bond donors (Lipinski definition) is 5. The Bertz CT molecular complexity index is 2300. The predicted molar refractivity (Wildman–Crippen MR) is 218 cm³/mol. The largest absolute Gasteiger partial charge is 0.507 e. The zero-order valence-electron chi connectivity index (χ0n) is 35.3. The zero-order chi connectivity index (χ0) is 45.5. The van der Waals surface area contributed by atoms with E-state index in [2.05, 4.69) is 0 Å². The topological polar surface area (TPSA) is 265 Å². The molecule has 5 N–H and O–H groups in total. The van der Waals surface area contributed by atoms with E-state index in [1.165, 1.54) is 49.1 Å². The molecule has 5 fully saturated rings. The molecular weight excluding hydrogens is 861 g/mol. The normalized spacial score (nSPS) is 34.8. The fourth-order valence-electron chi connectivity index (χ4n) is 10.8. The smallest absolute Gasteiger partial charge is 0.306 e. The first kappa shape index (κ1) is 44.7. The number of aliphatic carboxylic acids is 1. The highest BCUT2D eigenvalue weighted by Gasteiger charge is 2.58. The van der Waals surface area contributed by atoms with Crippen molar-refractivity contribution in [2.45, 2.75) is 118 Å². The van der Waals surface area contributed by atoms with Crippen molar-refractivity contribution in [2.75, 3.05) is 34.0 Å². The number of rotatable bonds is 11. The Morgan fingerprint density at radius 3 is 2.41 bits per heavy atom. The fourth-order valence-corrected chi connectivity index (χ4v) is 12.2. The van der Waals surface area contributed by atoms with Gasteiger partial charge in [-0.25, -0.2) is 0 Å². The molecule has 344 valence electrons. The second-order valence-electron chi connectivity index (χ2n) is 17.6. The molecule has 64 heavy (non-hydrogen) atoms. The number of benzene rings is 2. The number of hydrogen-bond acceptors (Lipinski definition) is 18. The molecule has 2 amide bonds. The molecule has 0 spiro atoms. The van der Waals surface area contributed by atoms with E-state index in [0.717, 1.165) is 0 Å². The predicted octanol–water partition coefficient (Wildman–Crippen LogP) is 1.79. The Morgan fingerprint density at radius 1 is 0.984 bits per heavy atom. The number of imide groups is 1. The summed E-state index contributed by atoms with van der Waals surface area (Å²) in [4.78, 5) is 83.2. The molecule has 19 nitrogen and oxygen atoms in total. The van der Waals surface area contributed by atoms with Crippen molar-refractivity contribution in [3.8, 4) is 17.2 Å². The number of ether oxygens (including phenoxy) is 6. The van der Waals surface area contributed by atoms with Gasteiger partial charge in [0.05, 0.1) is 59.2 Å². The maximum Gasteiger partial charge on any atom is 0.306 e. The third-order valence-corrected chi connectivity index (χ3v) is 15.4. The minimum atomic E-state index is -2.34. The molecule has 3 aliphatic carbocycles. The van der Waals surface area contributed by atoms with E-state index in [9.17, 15) is 54.3 Å². The molecule has 2 aromatic carbocycles. The molecule has 4 aliphatic heterocycles. The molecule has 1 saturated carbocycles. The maximum atomic E-state index is 14.1. The van der Waals surface area contributed by atoms with Crippen LogP contribution in [0.2, 0.25) is 0 Å². The van der Waals surface area contributed by atoms with Crippen molar-refractivity contribution in [1.82, 2.24) is 9.80 Å². The number of phenols is 2.